The minimum atomic E-state index is -1.50. The van der Waals surface area contributed by atoms with Crippen molar-refractivity contribution in [2.24, 2.45) is 0 Å². The molecule has 0 amide bonds. The fourth-order valence-corrected chi connectivity index (χ4v) is 0. The molecule has 11 N–H and O–H groups in total. The summed E-state index contributed by atoms with van der Waals surface area (Å²) in [5.41, 5.74) is 0. The van der Waals surface area contributed by atoms with Crippen LogP contribution in [-0.2, 0) is 0 Å². The van der Waals surface area contributed by atoms with E-state index in [1.165, 1.54) is 0 Å². The van der Waals surface area contributed by atoms with Crippen molar-refractivity contribution in [2.45, 2.75) is 0 Å². The topological polar surface area (TPSA) is 221 Å². The van der Waals surface area contributed by atoms with Crippen LogP contribution in [0.4, 0.5) is 0 Å². The number of hydrogen-bond acceptors (Lipinski definition) is 2. The molecular formula is H11NO8Pu. The van der Waals surface area contributed by atoms with Crippen LogP contribution in [0.1, 0.15) is 0 Å². The van der Waals surface area contributed by atoms with Crippen molar-refractivity contribution in [1.29, 1.82) is 0 Å². The molecule has 0 rings (SSSR count). The maximum atomic E-state index is 8.36. The van der Waals surface area contributed by atoms with Crippen LogP contribution in [0.2, 0.25) is 0 Å². The van der Waals surface area contributed by atoms with Gasteiger partial charge in [0.25, 0.3) is 5.09 Å². The van der Waals surface area contributed by atoms with Crippen LogP contribution in [0.15, 0.2) is 0 Å². The minimum Gasteiger partial charge on any atom is -0.412 e. The molecule has 0 aliphatic carbocycles. The third kappa shape index (κ3) is 2310000. The summed E-state index contributed by atoms with van der Waals surface area (Å²) >= 11 is 0. The van der Waals surface area contributed by atoms with E-state index in [-0.39, 0.29) is 56.6 Å². The van der Waals surface area contributed by atoms with Crippen molar-refractivity contribution in [3.8, 4) is 0 Å². The smallest absolute Gasteiger partial charge is 0.291 e. The zero-order valence-electron chi connectivity index (χ0n) is 4.62. The molecule has 0 heterocycles. The number of hydrogen-bond donors (Lipinski definition) is 1. The normalized spacial score (nSPS) is 2.40. The fourth-order valence-electron chi connectivity index (χ4n) is 0. The Balaban J connectivity index is -0.00000000300. The third-order valence-electron chi connectivity index (χ3n) is 0. The first kappa shape index (κ1) is 90.4. The van der Waals surface area contributed by atoms with Gasteiger partial charge in [0, 0.05) is 29.2 Å². The van der Waals surface area contributed by atoms with Crippen molar-refractivity contribution in [1.82, 2.24) is 0 Å². The second kappa shape index (κ2) is 64.3. The molecule has 10 heavy (non-hydrogen) atoms. The molecule has 0 aromatic carbocycles. The van der Waals surface area contributed by atoms with E-state index >= 15 is 0 Å². The van der Waals surface area contributed by atoms with Crippen LogP contribution in [0.3, 0.4) is 0 Å². The Morgan fingerprint density at radius 2 is 1.00 bits per heavy atom. The predicted octanol–water partition coefficient (Wildman–Crippen LogP) is -4.47. The standard InChI is InChI=1S/HNO3.5H2O.Pu/c2-1(3)4;;;;;;/h(H,2,3,4);5*1H2;. The van der Waals surface area contributed by atoms with Crippen LogP contribution in [0.25, 0.3) is 0 Å². The Bertz CT molecular complexity index is 32.2. The molecule has 0 fully saturated rings. The second-order valence-corrected chi connectivity index (χ2v) is 0.238. The summed E-state index contributed by atoms with van der Waals surface area (Å²) < 4.78 is 0. The molecule has 0 aliphatic heterocycles. The zero-order chi connectivity index (χ0) is 3.58. The first-order valence-corrected chi connectivity index (χ1v) is 0.565. The number of nitrogens with zero attached hydrogens (tertiary/aromatic N) is 1. The van der Waals surface area contributed by atoms with E-state index in [0.29, 0.717) is 0 Å². The molecule has 0 bridgehead atoms. The first-order valence-electron chi connectivity index (χ1n) is 0.565. The van der Waals surface area contributed by atoms with Gasteiger partial charge in [-0.05, 0) is 0 Å². The quantitative estimate of drug-likeness (QED) is 0.316. The Morgan fingerprint density at radius 3 is 1.00 bits per heavy atom. The molecule has 70 valence electrons. The molecule has 9 nitrogen and oxygen atoms in total. The van der Waals surface area contributed by atoms with E-state index < -0.39 is 5.09 Å². The third-order valence-corrected chi connectivity index (χ3v) is 0. The van der Waals surface area contributed by atoms with Gasteiger partial charge in [0.05, 0.1) is 0 Å². The zero-order valence-corrected chi connectivity index (χ0v) is 8.02. The van der Waals surface area contributed by atoms with E-state index in [4.69, 9.17) is 15.3 Å². The monoisotopic (exact) mass is 391 g/mol. The Morgan fingerprint density at radius 1 is 1.00 bits per heavy atom. The molecule has 10 heteroatoms. The van der Waals surface area contributed by atoms with E-state index in [9.17, 15) is 0 Å². The maximum absolute atomic E-state index is 8.36. The molecule has 0 unspecified atom stereocenters. The summed E-state index contributed by atoms with van der Waals surface area (Å²) in [6.07, 6.45) is 0. The van der Waals surface area contributed by atoms with E-state index in [2.05, 4.69) is 0 Å². The summed E-state index contributed by atoms with van der Waals surface area (Å²) in [5, 5.41) is 13.6. The average molecular weight is 397 g/mol. The predicted molar refractivity (Wildman–Crippen MR) is 26.8 cm³/mol. The Hall–Kier alpha value is -0.0130. The van der Waals surface area contributed by atoms with Gasteiger partial charge in [-0.25, -0.2) is 0 Å². The molecule has 0 aromatic heterocycles. The molecule has 0 saturated heterocycles. The van der Waals surface area contributed by atoms with E-state index in [0.717, 1.165) is 0 Å². The second-order valence-electron chi connectivity index (χ2n) is 0.238. The van der Waals surface area contributed by atoms with Crippen molar-refractivity contribution in [3.05, 3.63) is 10.1 Å². The average Bonchev–Trinajstić information content (AvgIpc) is 0.811. The molecule has 0 saturated carbocycles. The van der Waals surface area contributed by atoms with Crippen molar-refractivity contribution < 1.29 is 66.8 Å². The molecule has 0 radical (unpaired) electrons. The van der Waals surface area contributed by atoms with Crippen LogP contribution >= 0.6 is 0 Å². The van der Waals surface area contributed by atoms with Gasteiger partial charge in [0.2, 0.25) is 0 Å². The summed E-state index contributed by atoms with van der Waals surface area (Å²) in [4.78, 5) is 8.36. The van der Waals surface area contributed by atoms with Crippen LogP contribution in [-0.4, -0.2) is 37.7 Å². The number of rotatable bonds is 0. The maximum Gasteiger partial charge on any atom is 0.291 e. The summed E-state index contributed by atoms with van der Waals surface area (Å²) in [5.74, 6) is 0. The van der Waals surface area contributed by atoms with Crippen molar-refractivity contribution >= 4 is 0 Å². The molecule has 0 atom stereocenters. The Labute approximate surface area is 77.2 Å². The largest absolute Gasteiger partial charge is 0.412 e. The fraction of sp³-hybridized carbons (Fsp3) is 0. The van der Waals surface area contributed by atoms with Crippen LogP contribution in [0.5, 0.6) is 0 Å². The molecule has 0 spiro atoms. The Kier molecular flexibility index (Phi) is 581. The summed E-state index contributed by atoms with van der Waals surface area (Å²) in [6, 6.07) is 0. The van der Waals surface area contributed by atoms with Crippen LogP contribution < -0.4 is 0 Å². The van der Waals surface area contributed by atoms with Gasteiger partial charge in [0.15, 0.2) is 0 Å². The molecular weight excluding hydrogens is 386 g/mol. The van der Waals surface area contributed by atoms with Gasteiger partial charge < -0.3 is 32.6 Å². The van der Waals surface area contributed by atoms with E-state index in [1.807, 2.05) is 0 Å². The van der Waals surface area contributed by atoms with Gasteiger partial charge in [-0.1, -0.05) is 0 Å². The van der Waals surface area contributed by atoms with Crippen molar-refractivity contribution in [2.75, 3.05) is 0 Å². The van der Waals surface area contributed by atoms with Crippen molar-refractivity contribution in [3.63, 3.8) is 0 Å². The molecule has 0 aliphatic rings. The summed E-state index contributed by atoms with van der Waals surface area (Å²) in [7, 11) is 0. The molecule has 0 aromatic rings. The van der Waals surface area contributed by atoms with Crippen LogP contribution in [0, 0.1) is 39.3 Å². The SMILES string of the molecule is O.O.O.O.O.O=[N+]([O-])O.[Pu]. The van der Waals surface area contributed by atoms with Gasteiger partial charge >= 0.3 is 0 Å². The van der Waals surface area contributed by atoms with Gasteiger partial charge in [-0.3, -0.25) is 0 Å². The van der Waals surface area contributed by atoms with Gasteiger partial charge in [0.1, 0.15) is 0 Å². The first-order chi connectivity index (χ1) is 1.73. The minimum absolute atomic E-state index is 0. The summed E-state index contributed by atoms with van der Waals surface area (Å²) in [6.45, 7) is 0. The van der Waals surface area contributed by atoms with Gasteiger partial charge in [-0.2, -0.15) is 0 Å². The van der Waals surface area contributed by atoms with E-state index in [1.54, 1.807) is 0 Å². The van der Waals surface area contributed by atoms with Gasteiger partial charge in [-0.15, -0.1) is 10.1 Å².